The third-order valence-corrected chi connectivity index (χ3v) is 3.80. The minimum atomic E-state index is 0.534. The number of methoxy groups -OCH3 is 1. The molecule has 1 aromatic carbocycles. The zero-order chi connectivity index (χ0) is 15.5. The van der Waals surface area contributed by atoms with Crippen molar-refractivity contribution in [3.63, 3.8) is 0 Å². The minimum Gasteiger partial charge on any atom is -0.383 e. The predicted octanol–water partition coefficient (Wildman–Crippen LogP) is 3.09. The number of rotatable bonds is 11. The zero-order valence-corrected chi connectivity index (χ0v) is 14.2. The van der Waals surface area contributed by atoms with Crippen LogP contribution >= 0.6 is 0 Å². The number of nitrogens with one attached hydrogen (secondary N) is 1. The Labute approximate surface area is 130 Å². The molecule has 0 aliphatic carbocycles. The molecule has 0 atom stereocenters. The van der Waals surface area contributed by atoms with Crippen LogP contribution in [-0.2, 0) is 17.7 Å². The van der Waals surface area contributed by atoms with Crippen LogP contribution in [0.15, 0.2) is 24.3 Å². The van der Waals surface area contributed by atoms with E-state index in [2.05, 4.69) is 55.3 Å². The summed E-state index contributed by atoms with van der Waals surface area (Å²) in [5.74, 6) is 0. The molecule has 0 heterocycles. The van der Waals surface area contributed by atoms with Crippen LogP contribution in [0, 0.1) is 0 Å². The molecule has 3 nitrogen and oxygen atoms in total. The van der Waals surface area contributed by atoms with Gasteiger partial charge in [-0.2, -0.15) is 0 Å². The number of hydrogen-bond donors (Lipinski definition) is 1. The van der Waals surface area contributed by atoms with E-state index in [1.165, 1.54) is 17.5 Å². The van der Waals surface area contributed by atoms with Gasteiger partial charge >= 0.3 is 0 Å². The average Bonchev–Trinajstić information content (AvgIpc) is 2.49. The first-order valence-corrected chi connectivity index (χ1v) is 8.19. The van der Waals surface area contributed by atoms with E-state index in [-0.39, 0.29) is 0 Å². The van der Waals surface area contributed by atoms with Crippen molar-refractivity contribution in [1.82, 2.24) is 10.2 Å². The summed E-state index contributed by atoms with van der Waals surface area (Å²) in [5, 5.41) is 3.49. The van der Waals surface area contributed by atoms with E-state index in [1.807, 2.05) is 0 Å². The molecule has 0 aromatic heterocycles. The maximum atomic E-state index is 5.23. The van der Waals surface area contributed by atoms with Gasteiger partial charge in [0.15, 0.2) is 0 Å². The Bertz CT molecular complexity index is 379. The Morgan fingerprint density at radius 3 is 2.48 bits per heavy atom. The monoisotopic (exact) mass is 292 g/mol. The van der Waals surface area contributed by atoms with Crippen LogP contribution in [0.3, 0.4) is 0 Å². The van der Waals surface area contributed by atoms with Crippen LogP contribution in [0.4, 0.5) is 0 Å². The quantitative estimate of drug-likeness (QED) is 0.634. The van der Waals surface area contributed by atoms with Crippen LogP contribution in [-0.4, -0.2) is 44.3 Å². The third kappa shape index (κ3) is 7.07. The summed E-state index contributed by atoms with van der Waals surface area (Å²) in [4.78, 5) is 2.47. The molecule has 0 aliphatic rings. The molecule has 0 bridgehead atoms. The fourth-order valence-corrected chi connectivity index (χ4v) is 2.43. The molecule has 21 heavy (non-hydrogen) atoms. The molecule has 0 saturated carbocycles. The summed E-state index contributed by atoms with van der Waals surface area (Å²) in [6.45, 7) is 11.7. The lowest BCUT2D eigenvalue weighted by atomic mass is 10.0. The molecule has 120 valence electrons. The molecule has 0 radical (unpaired) electrons. The van der Waals surface area contributed by atoms with Gasteiger partial charge in [-0.25, -0.2) is 0 Å². The van der Waals surface area contributed by atoms with Crippen molar-refractivity contribution >= 4 is 0 Å². The first kappa shape index (κ1) is 18.1. The van der Waals surface area contributed by atoms with Crippen LogP contribution in [0.5, 0.6) is 0 Å². The molecule has 1 N–H and O–H groups in total. The van der Waals surface area contributed by atoms with Crippen molar-refractivity contribution in [2.45, 2.75) is 46.2 Å². The Balaban J connectivity index is 2.63. The fourth-order valence-electron chi connectivity index (χ4n) is 2.43. The van der Waals surface area contributed by atoms with Gasteiger partial charge in [-0.15, -0.1) is 0 Å². The molecule has 3 heteroatoms. The van der Waals surface area contributed by atoms with E-state index in [1.54, 1.807) is 7.11 Å². The fraction of sp³-hybridized carbons (Fsp3) is 0.667. The Morgan fingerprint density at radius 2 is 1.86 bits per heavy atom. The van der Waals surface area contributed by atoms with E-state index in [0.717, 1.165) is 39.2 Å². The average molecular weight is 292 g/mol. The van der Waals surface area contributed by atoms with Gasteiger partial charge in [-0.1, -0.05) is 31.2 Å². The number of nitrogens with zero attached hydrogens (tertiary/aromatic N) is 1. The summed E-state index contributed by atoms with van der Waals surface area (Å²) in [6.07, 6.45) is 2.30. The Hall–Kier alpha value is -0.900. The molecule has 1 aromatic rings. The van der Waals surface area contributed by atoms with Gasteiger partial charge < -0.3 is 10.1 Å². The first-order chi connectivity index (χ1) is 10.2. The lowest BCUT2D eigenvalue weighted by Gasteiger charge is -2.27. The van der Waals surface area contributed by atoms with Crippen molar-refractivity contribution in [2.75, 3.05) is 33.4 Å². The molecular weight excluding hydrogens is 260 g/mol. The van der Waals surface area contributed by atoms with E-state index < -0.39 is 0 Å². The van der Waals surface area contributed by atoms with Crippen molar-refractivity contribution in [3.05, 3.63) is 35.4 Å². The second kappa shape index (κ2) is 10.8. The van der Waals surface area contributed by atoms with Crippen molar-refractivity contribution in [2.24, 2.45) is 0 Å². The highest BCUT2D eigenvalue weighted by Crippen LogP contribution is 2.14. The Morgan fingerprint density at radius 1 is 1.14 bits per heavy atom. The molecule has 0 amide bonds. The second-order valence-electron chi connectivity index (χ2n) is 5.83. The molecule has 0 saturated heterocycles. The van der Waals surface area contributed by atoms with E-state index in [0.29, 0.717) is 6.04 Å². The summed E-state index contributed by atoms with van der Waals surface area (Å²) >= 11 is 0. The van der Waals surface area contributed by atoms with Gasteiger partial charge in [0, 0.05) is 26.2 Å². The van der Waals surface area contributed by atoms with Gasteiger partial charge in [0.25, 0.3) is 0 Å². The molecule has 0 fully saturated rings. The highest BCUT2D eigenvalue weighted by Gasteiger charge is 2.11. The van der Waals surface area contributed by atoms with Crippen molar-refractivity contribution < 1.29 is 4.74 Å². The van der Waals surface area contributed by atoms with Crippen LogP contribution in [0.25, 0.3) is 0 Å². The molecular formula is C18H32N2O. The third-order valence-electron chi connectivity index (χ3n) is 3.80. The maximum Gasteiger partial charge on any atom is 0.0589 e. The number of hydrogen-bond acceptors (Lipinski definition) is 3. The van der Waals surface area contributed by atoms with Gasteiger partial charge in [0.1, 0.15) is 0 Å². The molecule has 0 aliphatic heterocycles. The highest BCUT2D eigenvalue weighted by molar-refractivity contribution is 5.27. The lowest BCUT2D eigenvalue weighted by Crippen LogP contribution is -2.33. The van der Waals surface area contributed by atoms with E-state index >= 15 is 0 Å². The molecule has 1 rings (SSSR count). The summed E-state index contributed by atoms with van der Waals surface area (Å²) in [6, 6.07) is 9.35. The number of ether oxygens (including phenoxy) is 1. The number of benzene rings is 1. The van der Waals surface area contributed by atoms with Crippen molar-refractivity contribution in [1.29, 1.82) is 0 Å². The van der Waals surface area contributed by atoms with Crippen LogP contribution in [0.1, 0.15) is 38.3 Å². The molecule has 0 spiro atoms. The minimum absolute atomic E-state index is 0.534. The lowest BCUT2D eigenvalue weighted by molar-refractivity contribution is 0.125. The summed E-state index contributed by atoms with van der Waals surface area (Å²) < 4.78 is 5.23. The SMILES string of the molecule is CCCNCCc1ccccc1CN(CCOC)C(C)C. The zero-order valence-electron chi connectivity index (χ0n) is 14.2. The predicted molar refractivity (Wildman–Crippen MR) is 90.7 cm³/mol. The smallest absolute Gasteiger partial charge is 0.0589 e. The summed E-state index contributed by atoms with van der Waals surface area (Å²) in [5.41, 5.74) is 2.91. The van der Waals surface area contributed by atoms with Gasteiger partial charge in [0.05, 0.1) is 6.61 Å². The molecule has 0 unspecified atom stereocenters. The first-order valence-electron chi connectivity index (χ1n) is 8.19. The van der Waals surface area contributed by atoms with Gasteiger partial charge in [-0.3, -0.25) is 4.90 Å². The standard InChI is InChI=1S/C18H32N2O/c1-5-11-19-12-10-17-8-6-7-9-18(17)15-20(16(2)3)13-14-21-4/h6-9,16,19H,5,10-15H2,1-4H3. The largest absolute Gasteiger partial charge is 0.383 e. The maximum absolute atomic E-state index is 5.23. The normalized spacial score (nSPS) is 11.5. The van der Waals surface area contributed by atoms with Crippen molar-refractivity contribution in [3.8, 4) is 0 Å². The highest BCUT2D eigenvalue weighted by atomic mass is 16.5. The van der Waals surface area contributed by atoms with Gasteiger partial charge in [-0.05, 0) is 50.9 Å². The van der Waals surface area contributed by atoms with Gasteiger partial charge in [0.2, 0.25) is 0 Å². The van der Waals surface area contributed by atoms with Crippen LogP contribution < -0.4 is 5.32 Å². The topological polar surface area (TPSA) is 24.5 Å². The van der Waals surface area contributed by atoms with Crippen LogP contribution in [0.2, 0.25) is 0 Å². The second-order valence-corrected chi connectivity index (χ2v) is 5.83. The van der Waals surface area contributed by atoms with E-state index in [9.17, 15) is 0 Å². The van der Waals surface area contributed by atoms with E-state index in [4.69, 9.17) is 4.74 Å². The Kier molecular flexibility index (Phi) is 9.31. The summed E-state index contributed by atoms with van der Waals surface area (Å²) in [7, 11) is 1.77.